The summed E-state index contributed by atoms with van der Waals surface area (Å²) >= 11 is 0. The Bertz CT molecular complexity index is 1590. The lowest BCUT2D eigenvalue weighted by Crippen LogP contribution is -2.47. The molecule has 0 saturated heterocycles. The van der Waals surface area contributed by atoms with Crippen molar-refractivity contribution in [1.29, 1.82) is 0 Å². The second kappa shape index (κ2) is 11.0. The van der Waals surface area contributed by atoms with E-state index >= 15 is 4.39 Å². The molecular formula is C30H30F4N6O2. The first kappa shape index (κ1) is 28.9. The molecule has 0 bridgehead atoms. The Morgan fingerprint density at radius 2 is 1.98 bits per heavy atom. The van der Waals surface area contributed by atoms with E-state index in [4.69, 9.17) is 4.74 Å². The van der Waals surface area contributed by atoms with E-state index < -0.39 is 30.0 Å². The lowest BCUT2D eigenvalue weighted by Gasteiger charge is -2.30. The summed E-state index contributed by atoms with van der Waals surface area (Å²) in [7, 11) is 0. The van der Waals surface area contributed by atoms with Gasteiger partial charge < -0.3 is 20.7 Å². The van der Waals surface area contributed by atoms with Crippen molar-refractivity contribution in [3.05, 3.63) is 101 Å². The zero-order valence-electron chi connectivity index (χ0n) is 23.4. The van der Waals surface area contributed by atoms with Crippen molar-refractivity contribution >= 4 is 17.8 Å². The number of rotatable bonds is 5. The van der Waals surface area contributed by atoms with Gasteiger partial charge in [0.1, 0.15) is 17.3 Å². The van der Waals surface area contributed by atoms with Crippen molar-refractivity contribution in [3.8, 4) is 5.75 Å². The number of hydrogen-bond donors (Lipinski definition) is 3. The zero-order chi connectivity index (χ0) is 30.2. The summed E-state index contributed by atoms with van der Waals surface area (Å²) < 4.78 is 63.9. The fraction of sp³-hybridized carbons (Fsp3) is 0.300. The van der Waals surface area contributed by atoms with Gasteiger partial charge in [-0.25, -0.2) is 4.39 Å². The summed E-state index contributed by atoms with van der Waals surface area (Å²) in [4.78, 5) is 17.0. The van der Waals surface area contributed by atoms with Crippen LogP contribution in [-0.4, -0.2) is 40.2 Å². The Balaban J connectivity index is 1.34. The fourth-order valence-electron chi connectivity index (χ4n) is 4.68. The number of aromatic nitrogens is 2. The van der Waals surface area contributed by atoms with Gasteiger partial charge in [-0.2, -0.15) is 18.3 Å². The number of nitrogens with one attached hydrogen (secondary N) is 3. The van der Waals surface area contributed by atoms with Gasteiger partial charge in [0, 0.05) is 36.5 Å². The van der Waals surface area contributed by atoms with Crippen LogP contribution in [0.1, 0.15) is 31.9 Å². The maximum Gasteiger partial charge on any atom is 0.414 e. The summed E-state index contributed by atoms with van der Waals surface area (Å²) in [6.45, 7) is 7.66. The van der Waals surface area contributed by atoms with Gasteiger partial charge in [-0.1, -0.05) is 12.2 Å². The number of ether oxygens (including phenoxy) is 1. The molecule has 42 heavy (non-hydrogen) atoms. The van der Waals surface area contributed by atoms with Crippen molar-refractivity contribution in [2.45, 2.75) is 57.9 Å². The first-order valence-corrected chi connectivity index (χ1v) is 13.2. The molecule has 0 saturated carbocycles. The van der Waals surface area contributed by atoms with Crippen LogP contribution in [0.15, 0.2) is 88.8 Å². The van der Waals surface area contributed by atoms with E-state index in [1.54, 1.807) is 42.1 Å². The van der Waals surface area contributed by atoms with Crippen LogP contribution in [0.3, 0.4) is 0 Å². The molecule has 2 aromatic rings. The highest BCUT2D eigenvalue weighted by atomic mass is 19.4. The number of allylic oxidation sites excluding steroid dienone is 4. The van der Waals surface area contributed by atoms with Crippen LogP contribution in [0.2, 0.25) is 0 Å². The fourth-order valence-corrected chi connectivity index (χ4v) is 4.68. The first-order chi connectivity index (χ1) is 19.8. The Morgan fingerprint density at radius 1 is 1.19 bits per heavy atom. The third-order valence-corrected chi connectivity index (χ3v) is 6.83. The van der Waals surface area contributed by atoms with E-state index in [2.05, 4.69) is 26.0 Å². The molecule has 12 heteroatoms. The SMILES string of the molecule is Cc1cc(CC(=O)Nc2cnn(C(C)(C)C)c2)c(F)cc1OC1=CC=NC2C=C/C(=C3\NC=CNC3C(F)(F)F)C=C12. The molecule has 1 amide bonds. The van der Waals surface area contributed by atoms with Gasteiger partial charge in [0.2, 0.25) is 5.91 Å². The number of aryl methyl sites for hydroxylation is 1. The van der Waals surface area contributed by atoms with Gasteiger partial charge in [-0.15, -0.1) is 0 Å². The minimum absolute atomic E-state index is 0.0586. The quantitative estimate of drug-likeness (QED) is 0.415. The number of carbonyl (C=O) groups excluding carboxylic acids is 1. The van der Waals surface area contributed by atoms with Crippen LogP contribution in [0.4, 0.5) is 23.2 Å². The minimum atomic E-state index is -4.52. The Labute approximate surface area is 240 Å². The van der Waals surface area contributed by atoms with Crippen molar-refractivity contribution < 1.29 is 27.1 Å². The van der Waals surface area contributed by atoms with E-state index in [1.807, 2.05) is 20.8 Å². The molecule has 5 rings (SSSR count). The van der Waals surface area contributed by atoms with Gasteiger partial charge in [-0.05, 0) is 62.6 Å². The second-order valence-electron chi connectivity index (χ2n) is 11.1. The number of dihydropyridines is 1. The molecule has 8 nitrogen and oxygen atoms in total. The highest BCUT2D eigenvalue weighted by Gasteiger charge is 2.43. The van der Waals surface area contributed by atoms with E-state index in [0.717, 1.165) is 0 Å². The lowest BCUT2D eigenvalue weighted by atomic mass is 9.92. The third-order valence-electron chi connectivity index (χ3n) is 6.83. The van der Waals surface area contributed by atoms with Crippen LogP contribution in [0, 0.1) is 12.7 Å². The Morgan fingerprint density at radius 3 is 2.69 bits per heavy atom. The number of fused-ring (bicyclic) bond motifs is 1. The highest BCUT2D eigenvalue weighted by Crippen LogP contribution is 2.35. The number of nitrogens with zero attached hydrogens (tertiary/aromatic N) is 3. The summed E-state index contributed by atoms with van der Waals surface area (Å²) in [5.41, 5.74) is 1.79. The molecule has 2 unspecified atom stereocenters. The monoisotopic (exact) mass is 582 g/mol. The van der Waals surface area contributed by atoms with E-state index in [9.17, 15) is 18.0 Å². The molecule has 3 heterocycles. The van der Waals surface area contributed by atoms with Gasteiger partial charge in [-0.3, -0.25) is 14.5 Å². The topological polar surface area (TPSA) is 92.6 Å². The molecule has 1 aliphatic carbocycles. The maximum absolute atomic E-state index is 15.2. The number of aliphatic imine (C=N–C) groups is 1. The summed E-state index contributed by atoms with van der Waals surface area (Å²) in [6, 6.07) is 0.360. The third kappa shape index (κ3) is 6.17. The normalized spacial score (nSPS) is 21.6. The average Bonchev–Trinajstić information content (AvgIpc) is 3.40. The van der Waals surface area contributed by atoms with Crippen LogP contribution in [0.25, 0.3) is 0 Å². The number of anilines is 1. The molecular weight excluding hydrogens is 552 g/mol. The zero-order valence-corrected chi connectivity index (χ0v) is 23.4. The molecule has 0 spiro atoms. The molecule has 0 radical (unpaired) electrons. The predicted octanol–water partition coefficient (Wildman–Crippen LogP) is 5.33. The molecule has 0 fully saturated rings. The van der Waals surface area contributed by atoms with E-state index in [1.165, 1.54) is 36.9 Å². The predicted molar refractivity (Wildman–Crippen MR) is 151 cm³/mol. The number of benzene rings is 1. The molecule has 220 valence electrons. The summed E-state index contributed by atoms with van der Waals surface area (Å²) in [6.07, 6.45) is 9.07. The van der Waals surface area contributed by atoms with Crippen molar-refractivity contribution in [2.75, 3.05) is 5.32 Å². The van der Waals surface area contributed by atoms with E-state index in [-0.39, 0.29) is 29.0 Å². The number of carbonyl (C=O) groups is 1. The lowest BCUT2D eigenvalue weighted by molar-refractivity contribution is -0.146. The standard InChI is InChI=1S/C30H30F4N6O2/c1-17-11-19(13-26(41)39-20-15-38-40(16-20)29(2,3)4)22(31)14-25(17)42-24-7-8-35-23-6-5-18(12-21(23)24)27-28(30(32,33)34)37-10-9-36-27/h5-12,14-16,23,28,36-37H,13H2,1-4H3,(H,39,41)/b27-18+. The number of alkyl halides is 3. The summed E-state index contributed by atoms with van der Waals surface area (Å²) in [5, 5.41) is 12.0. The smallest absolute Gasteiger partial charge is 0.414 e. The molecule has 2 aliphatic heterocycles. The first-order valence-electron chi connectivity index (χ1n) is 13.2. The average molecular weight is 583 g/mol. The molecule has 3 N–H and O–H groups in total. The van der Waals surface area contributed by atoms with E-state index in [0.29, 0.717) is 28.2 Å². The second-order valence-corrected chi connectivity index (χ2v) is 11.1. The summed E-state index contributed by atoms with van der Waals surface area (Å²) in [5.74, 6) is -0.497. The van der Waals surface area contributed by atoms with Gasteiger partial charge in [0.05, 0.1) is 35.6 Å². The Kier molecular flexibility index (Phi) is 7.56. The number of halogens is 4. The van der Waals surface area contributed by atoms with Crippen molar-refractivity contribution in [1.82, 2.24) is 20.4 Å². The molecule has 1 aromatic carbocycles. The number of amides is 1. The van der Waals surface area contributed by atoms with Crippen LogP contribution in [-0.2, 0) is 16.8 Å². The van der Waals surface area contributed by atoms with Gasteiger partial charge in [0.15, 0.2) is 6.04 Å². The molecule has 1 aromatic heterocycles. The molecule has 3 aliphatic rings. The Hall–Kier alpha value is -4.61. The van der Waals surface area contributed by atoms with Crippen LogP contribution >= 0.6 is 0 Å². The van der Waals surface area contributed by atoms with Gasteiger partial charge in [0.25, 0.3) is 0 Å². The maximum atomic E-state index is 15.2. The van der Waals surface area contributed by atoms with Crippen molar-refractivity contribution in [2.24, 2.45) is 4.99 Å². The molecule has 2 atom stereocenters. The van der Waals surface area contributed by atoms with Crippen LogP contribution < -0.4 is 20.7 Å². The van der Waals surface area contributed by atoms with Crippen LogP contribution in [0.5, 0.6) is 5.75 Å². The largest absolute Gasteiger partial charge is 0.457 e. The van der Waals surface area contributed by atoms with Crippen molar-refractivity contribution in [3.63, 3.8) is 0 Å². The minimum Gasteiger partial charge on any atom is -0.457 e. The van der Waals surface area contributed by atoms with Gasteiger partial charge >= 0.3 is 6.18 Å². The highest BCUT2D eigenvalue weighted by molar-refractivity contribution is 5.92. The number of hydrogen-bond acceptors (Lipinski definition) is 6.